The Morgan fingerprint density at radius 3 is 2.71 bits per heavy atom. The summed E-state index contributed by atoms with van der Waals surface area (Å²) < 4.78 is 0. The number of amides is 2. The SMILES string of the molecule is CC(C)(C)CC(=O)N1CC2CC(C1)[C@H]1CCCC(=O)N1C2. The van der Waals surface area contributed by atoms with Gasteiger partial charge in [-0.2, -0.15) is 0 Å². The molecule has 0 aliphatic carbocycles. The number of carbonyl (C=O) groups is 2. The highest BCUT2D eigenvalue weighted by atomic mass is 16.2. The Hall–Kier alpha value is -1.06. The maximum Gasteiger partial charge on any atom is 0.223 e. The van der Waals surface area contributed by atoms with Crippen molar-refractivity contribution in [2.45, 2.75) is 58.9 Å². The normalized spacial score (nSPS) is 32.9. The summed E-state index contributed by atoms with van der Waals surface area (Å²) in [6, 6.07) is 0.396. The van der Waals surface area contributed by atoms with Gasteiger partial charge < -0.3 is 9.80 Å². The summed E-state index contributed by atoms with van der Waals surface area (Å²) in [6.07, 6.45) is 4.71. The molecule has 3 aliphatic heterocycles. The minimum absolute atomic E-state index is 0.0521. The van der Waals surface area contributed by atoms with Gasteiger partial charge in [0.05, 0.1) is 0 Å². The lowest BCUT2D eigenvalue weighted by molar-refractivity contribution is -0.149. The monoisotopic (exact) mass is 292 g/mol. The van der Waals surface area contributed by atoms with Crippen LogP contribution in [0.15, 0.2) is 0 Å². The van der Waals surface area contributed by atoms with E-state index in [4.69, 9.17) is 0 Å². The smallest absolute Gasteiger partial charge is 0.223 e. The van der Waals surface area contributed by atoms with Gasteiger partial charge in [-0.05, 0) is 36.5 Å². The van der Waals surface area contributed by atoms with Crippen molar-refractivity contribution in [3.8, 4) is 0 Å². The molecule has 3 heterocycles. The quantitative estimate of drug-likeness (QED) is 0.744. The van der Waals surface area contributed by atoms with Gasteiger partial charge in [0, 0.05) is 38.5 Å². The summed E-state index contributed by atoms with van der Waals surface area (Å²) in [5.41, 5.74) is 0.0521. The molecule has 2 amide bonds. The number of piperidine rings is 3. The molecule has 0 aromatic carbocycles. The number of hydrogen-bond acceptors (Lipinski definition) is 2. The first kappa shape index (κ1) is 14.9. The van der Waals surface area contributed by atoms with Crippen molar-refractivity contribution in [1.82, 2.24) is 9.80 Å². The van der Waals surface area contributed by atoms with Crippen molar-refractivity contribution in [3.05, 3.63) is 0 Å². The first-order valence-electron chi connectivity index (χ1n) is 8.41. The average molecular weight is 292 g/mol. The van der Waals surface area contributed by atoms with Gasteiger partial charge in [0.2, 0.25) is 11.8 Å². The molecular weight excluding hydrogens is 264 g/mol. The lowest BCUT2D eigenvalue weighted by atomic mass is 9.75. The molecule has 2 unspecified atom stereocenters. The Morgan fingerprint density at radius 2 is 2.00 bits per heavy atom. The molecule has 0 radical (unpaired) electrons. The van der Waals surface area contributed by atoms with Crippen molar-refractivity contribution >= 4 is 11.8 Å². The molecule has 3 rings (SSSR count). The van der Waals surface area contributed by atoms with Crippen LogP contribution in [0.25, 0.3) is 0 Å². The number of carbonyl (C=O) groups excluding carboxylic acids is 2. The molecule has 0 saturated carbocycles. The van der Waals surface area contributed by atoms with E-state index >= 15 is 0 Å². The number of nitrogens with zero attached hydrogens (tertiary/aromatic N) is 2. The highest BCUT2D eigenvalue weighted by Crippen LogP contribution is 2.38. The molecular formula is C17H28N2O2. The highest BCUT2D eigenvalue weighted by Gasteiger charge is 2.44. The summed E-state index contributed by atoms with van der Waals surface area (Å²) in [6.45, 7) is 8.95. The lowest BCUT2D eigenvalue weighted by Crippen LogP contribution is -2.61. The predicted molar refractivity (Wildman–Crippen MR) is 81.6 cm³/mol. The van der Waals surface area contributed by atoms with Gasteiger partial charge in [0.1, 0.15) is 0 Å². The van der Waals surface area contributed by atoms with Gasteiger partial charge in [-0.1, -0.05) is 20.8 Å². The molecule has 0 spiro atoms. The van der Waals surface area contributed by atoms with Crippen LogP contribution in [0.4, 0.5) is 0 Å². The fourth-order valence-corrected chi connectivity index (χ4v) is 4.38. The van der Waals surface area contributed by atoms with Gasteiger partial charge in [-0.15, -0.1) is 0 Å². The van der Waals surface area contributed by atoms with Crippen LogP contribution >= 0.6 is 0 Å². The van der Waals surface area contributed by atoms with Crippen molar-refractivity contribution < 1.29 is 9.59 Å². The van der Waals surface area contributed by atoms with Crippen LogP contribution in [0.3, 0.4) is 0 Å². The van der Waals surface area contributed by atoms with Crippen LogP contribution in [-0.4, -0.2) is 47.3 Å². The van der Waals surface area contributed by atoms with Gasteiger partial charge in [0.25, 0.3) is 0 Å². The molecule has 3 aliphatic rings. The van der Waals surface area contributed by atoms with Crippen molar-refractivity contribution in [3.63, 3.8) is 0 Å². The molecule has 4 nitrogen and oxygen atoms in total. The van der Waals surface area contributed by atoms with E-state index in [9.17, 15) is 9.59 Å². The number of likely N-dealkylation sites (tertiary alicyclic amines) is 1. The van der Waals surface area contributed by atoms with E-state index in [1.807, 2.05) is 0 Å². The summed E-state index contributed by atoms with van der Waals surface area (Å²) in [4.78, 5) is 28.8. The summed E-state index contributed by atoms with van der Waals surface area (Å²) in [7, 11) is 0. The van der Waals surface area contributed by atoms with Crippen LogP contribution in [0.1, 0.15) is 52.9 Å². The molecule has 0 aromatic heterocycles. The Bertz CT molecular complexity index is 441. The Balaban J connectivity index is 1.69. The van der Waals surface area contributed by atoms with Crippen LogP contribution in [-0.2, 0) is 9.59 Å². The molecule has 0 N–H and O–H groups in total. The number of rotatable bonds is 1. The van der Waals surface area contributed by atoms with Crippen molar-refractivity contribution in [2.24, 2.45) is 17.3 Å². The molecule has 3 saturated heterocycles. The molecule has 21 heavy (non-hydrogen) atoms. The minimum atomic E-state index is 0.0521. The van der Waals surface area contributed by atoms with E-state index in [0.717, 1.165) is 38.9 Å². The van der Waals surface area contributed by atoms with Crippen LogP contribution in [0, 0.1) is 17.3 Å². The zero-order valence-electron chi connectivity index (χ0n) is 13.6. The fourth-order valence-electron chi connectivity index (χ4n) is 4.38. The topological polar surface area (TPSA) is 40.6 Å². The zero-order valence-corrected chi connectivity index (χ0v) is 13.6. The molecule has 2 bridgehead atoms. The van der Waals surface area contributed by atoms with E-state index in [1.54, 1.807) is 0 Å². The summed E-state index contributed by atoms with van der Waals surface area (Å²) in [5, 5.41) is 0. The van der Waals surface area contributed by atoms with Crippen molar-refractivity contribution in [2.75, 3.05) is 19.6 Å². The summed E-state index contributed by atoms with van der Waals surface area (Å²) >= 11 is 0. The average Bonchev–Trinajstić information content (AvgIpc) is 2.38. The molecule has 3 atom stereocenters. The van der Waals surface area contributed by atoms with E-state index in [0.29, 0.717) is 36.1 Å². The summed E-state index contributed by atoms with van der Waals surface area (Å²) in [5.74, 6) is 1.64. The van der Waals surface area contributed by atoms with Gasteiger partial charge in [-0.3, -0.25) is 9.59 Å². The first-order valence-corrected chi connectivity index (χ1v) is 8.41. The zero-order chi connectivity index (χ0) is 15.2. The maximum absolute atomic E-state index is 12.5. The molecule has 4 heteroatoms. The number of fused-ring (bicyclic) bond motifs is 4. The Morgan fingerprint density at radius 1 is 1.24 bits per heavy atom. The van der Waals surface area contributed by atoms with Crippen LogP contribution in [0.2, 0.25) is 0 Å². The lowest BCUT2D eigenvalue weighted by Gasteiger charge is -2.52. The second-order valence-corrected chi connectivity index (χ2v) is 8.40. The Labute approximate surface area is 127 Å². The first-order chi connectivity index (χ1) is 9.83. The maximum atomic E-state index is 12.5. The second kappa shape index (κ2) is 5.29. The highest BCUT2D eigenvalue weighted by molar-refractivity contribution is 5.78. The second-order valence-electron chi connectivity index (χ2n) is 8.40. The van der Waals surface area contributed by atoms with E-state index in [-0.39, 0.29) is 5.41 Å². The van der Waals surface area contributed by atoms with Crippen LogP contribution in [0.5, 0.6) is 0 Å². The van der Waals surface area contributed by atoms with Gasteiger partial charge >= 0.3 is 0 Å². The molecule has 118 valence electrons. The van der Waals surface area contributed by atoms with E-state index in [1.165, 1.54) is 6.42 Å². The Kier molecular flexibility index (Phi) is 3.74. The third kappa shape index (κ3) is 3.09. The predicted octanol–water partition coefficient (Wildman–Crippen LogP) is 2.28. The van der Waals surface area contributed by atoms with Gasteiger partial charge in [-0.25, -0.2) is 0 Å². The van der Waals surface area contributed by atoms with E-state index < -0.39 is 0 Å². The fraction of sp³-hybridized carbons (Fsp3) is 0.882. The largest absolute Gasteiger partial charge is 0.342 e. The molecule has 3 fully saturated rings. The standard InChI is InChI=1S/C17H28N2O2/c1-17(2,3)8-16(21)18-9-12-7-13(11-18)14-5-4-6-15(20)19(14)10-12/h12-14H,4-11H2,1-3H3/t12?,13?,14-/m1/s1. The third-order valence-corrected chi connectivity index (χ3v) is 5.21. The van der Waals surface area contributed by atoms with Gasteiger partial charge in [0.15, 0.2) is 0 Å². The number of hydrogen-bond donors (Lipinski definition) is 0. The van der Waals surface area contributed by atoms with Crippen LogP contribution < -0.4 is 0 Å². The van der Waals surface area contributed by atoms with E-state index in [2.05, 4.69) is 30.6 Å². The molecule has 0 aromatic rings. The minimum Gasteiger partial charge on any atom is -0.342 e. The third-order valence-electron chi connectivity index (χ3n) is 5.21. The van der Waals surface area contributed by atoms with Crippen molar-refractivity contribution in [1.29, 1.82) is 0 Å².